The van der Waals surface area contributed by atoms with Crippen molar-refractivity contribution in [3.05, 3.63) is 53.9 Å². The van der Waals surface area contributed by atoms with Crippen molar-refractivity contribution >= 4 is 11.8 Å². The van der Waals surface area contributed by atoms with E-state index in [0.29, 0.717) is 25.4 Å². The minimum absolute atomic E-state index is 0.0125. The van der Waals surface area contributed by atoms with Crippen molar-refractivity contribution in [1.82, 2.24) is 14.8 Å². The van der Waals surface area contributed by atoms with E-state index in [4.69, 9.17) is 9.47 Å². The Kier molecular flexibility index (Phi) is 5.14. The fourth-order valence-corrected chi connectivity index (χ4v) is 3.62. The number of benzene rings is 1. The number of hydrogen-bond acceptors (Lipinski definition) is 5. The maximum Gasteiger partial charge on any atom is 0.231 e. The molecule has 2 aliphatic heterocycles. The van der Waals surface area contributed by atoms with Crippen LogP contribution in [0, 0.1) is 5.92 Å². The molecule has 0 bridgehead atoms. The van der Waals surface area contributed by atoms with E-state index >= 15 is 0 Å². The monoisotopic (exact) mass is 381 g/mol. The van der Waals surface area contributed by atoms with Gasteiger partial charge in [0.15, 0.2) is 11.5 Å². The second-order valence-corrected chi connectivity index (χ2v) is 7.23. The third-order valence-electron chi connectivity index (χ3n) is 5.24. The van der Waals surface area contributed by atoms with E-state index in [2.05, 4.69) is 4.98 Å². The van der Waals surface area contributed by atoms with E-state index in [1.807, 2.05) is 30.3 Å². The van der Waals surface area contributed by atoms with Gasteiger partial charge in [0.25, 0.3) is 0 Å². The van der Waals surface area contributed by atoms with Gasteiger partial charge in [0.2, 0.25) is 18.6 Å². The molecule has 2 aliphatic rings. The molecule has 7 heteroatoms. The lowest BCUT2D eigenvalue weighted by Crippen LogP contribution is -2.35. The molecular formula is C21H23N3O4. The third kappa shape index (κ3) is 3.93. The summed E-state index contributed by atoms with van der Waals surface area (Å²) in [7, 11) is 1.80. The first-order valence-corrected chi connectivity index (χ1v) is 9.40. The third-order valence-corrected chi connectivity index (χ3v) is 5.24. The van der Waals surface area contributed by atoms with Gasteiger partial charge in [-0.25, -0.2) is 0 Å². The summed E-state index contributed by atoms with van der Waals surface area (Å²) in [5.74, 6) is 1.17. The van der Waals surface area contributed by atoms with Crippen molar-refractivity contribution in [2.75, 3.05) is 26.9 Å². The van der Waals surface area contributed by atoms with Gasteiger partial charge in [-0.3, -0.25) is 14.6 Å². The first-order chi connectivity index (χ1) is 13.6. The van der Waals surface area contributed by atoms with Crippen LogP contribution in [0.4, 0.5) is 0 Å². The Morgan fingerprint density at radius 1 is 1.18 bits per heavy atom. The maximum atomic E-state index is 12.8. The molecule has 1 aromatic heterocycles. The number of pyridine rings is 1. The number of amides is 2. The smallest absolute Gasteiger partial charge is 0.231 e. The summed E-state index contributed by atoms with van der Waals surface area (Å²) in [5.41, 5.74) is 2.11. The van der Waals surface area contributed by atoms with Crippen LogP contribution in [-0.2, 0) is 22.6 Å². The van der Waals surface area contributed by atoms with E-state index in [0.717, 1.165) is 23.3 Å². The second kappa shape index (κ2) is 7.88. The van der Waals surface area contributed by atoms with E-state index in [1.165, 1.54) is 0 Å². The molecule has 1 saturated heterocycles. The van der Waals surface area contributed by atoms with E-state index < -0.39 is 0 Å². The quantitative estimate of drug-likeness (QED) is 0.764. The molecule has 7 nitrogen and oxygen atoms in total. The highest BCUT2D eigenvalue weighted by molar-refractivity contribution is 5.89. The molecule has 2 aromatic rings. The van der Waals surface area contributed by atoms with Crippen molar-refractivity contribution < 1.29 is 19.1 Å². The number of nitrogens with zero attached hydrogens (tertiary/aromatic N) is 3. The summed E-state index contributed by atoms with van der Waals surface area (Å²) in [6, 6.07) is 9.57. The van der Waals surface area contributed by atoms with Crippen molar-refractivity contribution in [2.45, 2.75) is 19.4 Å². The molecule has 0 N–H and O–H groups in total. The predicted molar refractivity (Wildman–Crippen MR) is 102 cm³/mol. The predicted octanol–water partition coefficient (Wildman–Crippen LogP) is 1.86. The van der Waals surface area contributed by atoms with Crippen LogP contribution >= 0.6 is 0 Å². The van der Waals surface area contributed by atoms with Crippen LogP contribution in [-0.4, -0.2) is 53.5 Å². The van der Waals surface area contributed by atoms with Gasteiger partial charge in [0, 0.05) is 45.5 Å². The van der Waals surface area contributed by atoms with Crippen molar-refractivity contribution in [3.8, 4) is 11.5 Å². The molecule has 0 aliphatic carbocycles. The minimum Gasteiger partial charge on any atom is -0.454 e. The Morgan fingerprint density at radius 2 is 1.96 bits per heavy atom. The van der Waals surface area contributed by atoms with Crippen LogP contribution in [0.3, 0.4) is 0 Å². The average Bonchev–Trinajstić information content (AvgIpc) is 3.32. The van der Waals surface area contributed by atoms with E-state index in [-0.39, 0.29) is 30.9 Å². The topological polar surface area (TPSA) is 72.0 Å². The number of ether oxygens (including phenoxy) is 2. The molecule has 1 atom stereocenters. The lowest BCUT2D eigenvalue weighted by molar-refractivity contribution is -0.134. The number of likely N-dealkylation sites (N-methyl/N-ethyl adjacent to an activating group) is 1. The molecule has 0 saturated carbocycles. The minimum atomic E-state index is -0.288. The van der Waals surface area contributed by atoms with E-state index in [1.54, 1.807) is 29.2 Å². The average molecular weight is 381 g/mol. The van der Waals surface area contributed by atoms with Gasteiger partial charge in [0.1, 0.15) is 0 Å². The van der Waals surface area contributed by atoms with Crippen molar-refractivity contribution in [1.29, 1.82) is 0 Å². The first kappa shape index (κ1) is 18.3. The molecule has 2 amide bonds. The van der Waals surface area contributed by atoms with Gasteiger partial charge in [-0.1, -0.05) is 6.07 Å². The Labute approximate surface area is 163 Å². The van der Waals surface area contributed by atoms with Crippen LogP contribution < -0.4 is 9.47 Å². The molecule has 3 heterocycles. The van der Waals surface area contributed by atoms with Gasteiger partial charge >= 0.3 is 0 Å². The molecule has 1 unspecified atom stereocenters. The van der Waals surface area contributed by atoms with Crippen LogP contribution in [0.5, 0.6) is 11.5 Å². The highest BCUT2D eigenvalue weighted by atomic mass is 16.7. The second-order valence-electron chi connectivity index (χ2n) is 7.23. The number of carbonyl (C=O) groups is 2. The fourth-order valence-electron chi connectivity index (χ4n) is 3.62. The number of carbonyl (C=O) groups excluding carboxylic acids is 2. The largest absolute Gasteiger partial charge is 0.454 e. The highest BCUT2D eigenvalue weighted by Crippen LogP contribution is 2.33. The fraction of sp³-hybridized carbons (Fsp3) is 0.381. The number of likely N-dealkylation sites (tertiary alicyclic amines) is 1. The van der Waals surface area contributed by atoms with Crippen LogP contribution in [0.2, 0.25) is 0 Å². The van der Waals surface area contributed by atoms with E-state index in [9.17, 15) is 9.59 Å². The zero-order valence-corrected chi connectivity index (χ0v) is 15.8. The zero-order valence-electron chi connectivity index (χ0n) is 15.8. The molecule has 1 fully saturated rings. The zero-order chi connectivity index (χ0) is 19.5. The number of fused-ring (bicyclic) bond motifs is 1. The molecule has 0 radical (unpaired) electrons. The Balaban J connectivity index is 1.32. The summed E-state index contributed by atoms with van der Waals surface area (Å²) in [5, 5.41) is 0. The Morgan fingerprint density at radius 3 is 2.79 bits per heavy atom. The number of rotatable bonds is 6. The summed E-state index contributed by atoms with van der Waals surface area (Å²) in [6.07, 6.45) is 4.54. The Bertz CT molecular complexity index is 871. The lowest BCUT2D eigenvalue weighted by atomic mass is 10.1. The number of hydrogen-bond donors (Lipinski definition) is 0. The van der Waals surface area contributed by atoms with Crippen LogP contribution in [0.1, 0.15) is 17.5 Å². The maximum absolute atomic E-state index is 12.8. The van der Waals surface area contributed by atoms with Gasteiger partial charge in [-0.2, -0.15) is 0 Å². The Hall–Kier alpha value is -3.09. The number of aromatic nitrogens is 1. The summed E-state index contributed by atoms with van der Waals surface area (Å²) >= 11 is 0. The molecule has 0 spiro atoms. The molecular weight excluding hydrogens is 358 g/mol. The van der Waals surface area contributed by atoms with Gasteiger partial charge in [-0.05, 0) is 41.8 Å². The van der Waals surface area contributed by atoms with Gasteiger partial charge in [0.05, 0.1) is 5.92 Å². The van der Waals surface area contributed by atoms with Crippen molar-refractivity contribution in [2.24, 2.45) is 5.92 Å². The normalized spacial score (nSPS) is 17.8. The molecule has 4 rings (SSSR count). The highest BCUT2D eigenvalue weighted by Gasteiger charge is 2.35. The van der Waals surface area contributed by atoms with Crippen LogP contribution in [0.25, 0.3) is 0 Å². The summed E-state index contributed by atoms with van der Waals surface area (Å²) in [4.78, 5) is 32.7. The van der Waals surface area contributed by atoms with Gasteiger partial charge < -0.3 is 19.3 Å². The van der Waals surface area contributed by atoms with Crippen LogP contribution in [0.15, 0.2) is 42.7 Å². The summed E-state index contributed by atoms with van der Waals surface area (Å²) < 4.78 is 10.7. The molecule has 1 aromatic carbocycles. The standard InChI is InChI=1S/C21H23N3O4/c1-23(9-6-15-4-7-22-8-5-15)21(26)17-11-20(25)24(13-17)12-16-2-3-18-19(10-16)28-14-27-18/h2-5,7-8,10,17H,6,9,11-14H2,1H3. The summed E-state index contributed by atoms with van der Waals surface area (Å²) in [6.45, 7) is 1.77. The molecule has 146 valence electrons. The SMILES string of the molecule is CN(CCc1ccncc1)C(=O)C1CC(=O)N(Cc2ccc3c(c2)OCO3)C1. The van der Waals surface area contributed by atoms with Crippen molar-refractivity contribution in [3.63, 3.8) is 0 Å². The van der Waals surface area contributed by atoms with Gasteiger partial charge in [-0.15, -0.1) is 0 Å². The molecule has 28 heavy (non-hydrogen) atoms. The first-order valence-electron chi connectivity index (χ1n) is 9.40. The lowest BCUT2D eigenvalue weighted by Gasteiger charge is -2.21.